The van der Waals surface area contributed by atoms with E-state index in [0.717, 1.165) is 18.2 Å². The summed E-state index contributed by atoms with van der Waals surface area (Å²) in [7, 11) is 0. The molecule has 1 unspecified atom stereocenters. The van der Waals surface area contributed by atoms with Gasteiger partial charge in [-0.15, -0.1) is 0 Å². The molecule has 150 valence electrons. The summed E-state index contributed by atoms with van der Waals surface area (Å²) in [6.45, 7) is 0. The first-order chi connectivity index (χ1) is 12.8. The molecule has 2 nitrogen and oxygen atoms in total. The van der Waals surface area contributed by atoms with Gasteiger partial charge in [-0.25, -0.2) is 4.79 Å². The molecule has 10 heteroatoms. The van der Waals surface area contributed by atoms with Gasteiger partial charge in [-0.3, -0.25) is 0 Å². The summed E-state index contributed by atoms with van der Waals surface area (Å²) in [6.07, 6.45) is -8.04. The zero-order valence-electron chi connectivity index (χ0n) is 13.6. The standard InChI is InChI=1S/C18H10Br2F6O2/c19-11-6-10(7-12(20)8-11)14(17(21,22)23)4-2-9-1-3-13(16(27)28)15(5-9)18(24,25)26/h1-8,14H,(H,27,28)/b4-2+. The van der Waals surface area contributed by atoms with E-state index >= 15 is 0 Å². The number of hydrogen-bond acceptors (Lipinski definition) is 1. The molecule has 2 aromatic rings. The van der Waals surface area contributed by atoms with Crippen molar-refractivity contribution >= 4 is 43.9 Å². The number of rotatable bonds is 4. The zero-order valence-corrected chi connectivity index (χ0v) is 16.7. The van der Waals surface area contributed by atoms with Crippen LogP contribution >= 0.6 is 31.9 Å². The second-order valence-corrected chi connectivity index (χ2v) is 7.52. The van der Waals surface area contributed by atoms with Crippen molar-refractivity contribution in [1.29, 1.82) is 0 Å². The summed E-state index contributed by atoms with van der Waals surface area (Å²) in [6, 6.07) is 6.28. The van der Waals surface area contributed by atoms with Crippen molar-refractivity contribution in [3.63, 3.8) is 0 Å². The van der Waals surface area contributed by atoms with E-state index in [-0.39, 0.29) is 11.1 Å². The van der Waals surface area contributed by atoms with Gasteiger partial charge in [0, 0.05) is 8.95 Å². The molecule has 0 aliphatic heterocycles. The Hall–Kier alpha value is -1.81. The second kappa shape index (κ2) is 8.28. The molecule has 0 spiro atoms. The number of halogens is 8. The SMILES string of the molecule is O=C(O)c1ccc(/C=C/C(c2cc(Br)cc(Br)c2)C(F)(F)F)cc1C(F)(F)F. The summed E-state index contributed by atoms with van der Waals surface area (Å²) in [5.41, 5.74) is -2.74. The predicted molar refractivity (Wildman–Crippen MR) is 98.1 cm³/mol. The van der Waals surface area contributed by atoms with Crippen molar-refractivity contribution in [3.05, 3.63) is 73.7 Å². The van der Waals surface area contributed by atoms with Crippen LogP contribution in [0.2, 0.25) is 0 Å². The molecule has 1 atom stereocenters. The van der Waals surface area contributed by atoms with Crippen molar-refractivity contribution in [2.75, 3.05) is 0 Å². The minimum absolute atomic E-state index is 0.122. The Bertz CT molecular complexity index is 899. The van der Waals surface area contributed by atoms with Crippen LogP contribution in [0.15, 0.2) is 51.4 Å². The van der Waals surface area contributed by atoms with E-state index in [4.69, 9.17) is 5.11 Å². The Morgan fingerprint density at radius 1 is 0.964 bits per heavy atom. The summed E-state index contributed by atoms with van der Waals surface area (Å²) < 4.78 is 80.4. The number of carboxylic acid groups (broad SMARTS) is 1. The van der Waals surface area contributed by atoms with Crippen LogP contribution in [-0.2, 0) is 6.18 Å². The van der Waals surface area contributed by atoms with Gasteiger partial charge in [0.25, 0.3) is 0 Å². The van der Waals surface area contributed by atoms with Gasteiger partial charge in [-0.05, 0) is 41.5 Å². The van der Waals surface area contributed by atoms with E-state index < -0.39 is 35.4 Å². The van der Waals surface area contributed by atoms with Crippen LogP contribution in [0.1, 0.15) is 33.0 Å². The van der Waals surface area contributed by atoms with Crippen molar-refractivity contribution in [3.8, 4) is 0 Å². The van der Waals surface area contributed by atoms with Crippen molar-refractivity contribution in [1.82, 2.24) is 0 Å². The van der Waals surface area contributed by atoms with Crippen LogP contribution in [-0.4, -0.2) is 17.3 Å². The third-order valence-corrected chi connectivity index (χ3v) is 4.57. The highest BCUT2D eigenvalue weighted by molar-refractivity contribution is 9.11. The summed E-state index contributed by atoms with van der Waals surface area (Å²) in [4.78, 5) is 11.0. The molecular formula is C18H10Br2F6O2. The monoisotopic (exact) mass is 530 g/mol. The van der Waals surface area contributed by atoms with E-state index in [1.165, 1.54) is 12.1 Å². The third-order valence-electron chi connectivity index (χ3n) is 3.66. The van der Waals surface area contributed by atoms with Gasteiger partial charge >= 0.3 is 18.3 Å². The highest BCUT2D eigenvalue weighted by atomic mass is 79.9. The minimum atomic E-state index is -4.96. The topological polar surface area (TPSA) is 37.3 Å². The Kier molecular flexibility index (Phi) is 6.65. The molecule has 0 saturated heterocycles. The van der Waals surface area contributed by atoms with Gasteiger partial charge in [-0.2, -0.15) is 26.3 Å². The number of carboxylic acids is 1. The molecule has 0 aliphatic rings. The Morgan fingerprint density at radius 2 is 1.54 bits per heavy atom. The van der Waals surface area contributed by atoms with Gasteiger partial charge in [0.1, 0.15) is 0 Å². The Labute approximate surface area is 172 Å². The second-order valence-electron chi connectivity index (χ2n) is 5.69. The average Bonchev–Trinajstić information content (AvgIpc) is 2.51. The molecule has 0 radical (unpaired) electrons. The quantitative estimate of drug-likeness (QED) is 0.421. The van der Waals surface area contributed by atoms with Gasteiger partial charge in [0.2, 0.25) is 0 Å². The van der Waals surface area contributed by atoms with Crippen LogP contribution in [0.4, 0.5) is 26.3 Å². The first kappa shape index (κ1) is 22.5. The molecule has 0 fully saturated rings. The maximum Gasteiger partial charge on any atom is 0.417 e. The van der Waals surface area contributed by atoms with E-state index in [9.17, 15) is 31.1 Å². The van der Waals surface area contributed by atoms with E-state index in [2.05, 4.69) is 31.9 Å². The largest absolute Gasteiger partial charge is 0.478 e. The smallest absolute Gasteiger partial charge is 0.417 e. The summed E-state index contributed by atoms with van der Waals surface area (Å²) in [5, 5.41) is 8.87. The maximum atomic E-state index is 13.5. The van der Waals surface area contributed by atoms with Gasteiger partial charge < -0.3 is 5.11 Å². The number of hydrogen-bond donors (Lipinski definition) is 1. The highest BCUT2D eigenvalue weighted by Gasteiger charge is 2.39. The molecule has 0 saturated carbocycles. The maximum absolute atomic E-state index is 13.5. The number of carbonyl (C=O) groups is 1. The molecule has 28 heavy (non-hydrogen) atoms. The average molecular weight is 532 g/mol. The molecule has 1 N–H and O–H groups in total. The van der Waals surface area contributed by atoms with Crippen molar-refractivity contribution in [2.24, 2.45) is 0 Å². The zero-order chi connectivity index (χ0) is 21.3. The fourth-order valence-electron chi connectivity index (χ4n) is 2.46. The lowest BCUT2D eigenvalue weighted by Crippen LogP contribution is -2.19. The summed E-state index contributed by atoms with van der Waals surface area (Å²) in [5.74, 6) is -3.86. The normalized spacial score (nSPS) is 13.7. The van der Waals surface area contributed by atoms with Crippen LogP contribution in [0, 0.1) is 0 Å². The van der Waals surface area contributed by atoms with E-state index in [0.29, 0.717) is 21.1 Å². The molecular weight excluding hydrogens is 522 g/mol. The van der Waals surface area contributed by atoms with Crippen LogP contribution in [0.3, 0.4) is 0 Å². The molecule has 2 aromatic carbocycles. The van der Waals surface area contributed by atoms with Crippen molar-refractivity contribution < 1.29 is 36.2 Å². The lowest BCUT2D eigenvalue weighted by atomic mass is 9.96. The van der Waals surface area contributed by atoms with Gasteiger partial charge in [-0.1, -0.05) is 50.1 Å². The van der Waals surface area contributed by atoms with E-state index in [1.54, 1.807) is 6.07 Å². The number of alkyl halides is 6. The lowest BCUT2D eigenvalue weighted by molar-refractivity contribution is -0.139. The Balaban J connectivity index is 2.49. The minimum Gasteiger partial charge on any atom is -0.478 e. The predicted octanol–water partition coefficient (Wildman–Crippen LogP) is 7.29. The molecule has 0 aliphatic carbocycles. The molecule has 0 amide bonds. The number of aromatic carboxylic acids is 1. The van der Waals surface area contributed by atoms with Gasteiger partial charge in [0.15, 0.2) is 0 Å². The molecule has 0 heterocycles. The Morgan fingerprint density at radius 3 is 2.00 bits per heavy atom. The van der Waals surface area contributed by atoms with Crippen LogP contribution in [0.5, 0.6) is 0 Å². The van der Waals surface area contributed by atoms with Crippen LogP contribution in [0.25, 0.3) is 6.08 Å². The molecule has 2 rings (SSSR count). The highest BCUT2D eigenvalue weighted by Crippen LogP contribution is 2.39. The first-order valence-electron chi connectivity index (χ1n) is 7.44. The lowest BCUT2D eigenvalue weighted by Gasteiger charge is -2.18. The first-order valence-corrected chi connectivity index (χ1v) is 9.03. The summed E-state index contributed by atoms with van der Waals surface area (Å²) >= 11 is 6.19. The molecule has 0 bridgehead atoms. The number of benzene rings is 2. The van der Waals surface area contributed by atoms with Crippen molar-refractivity contribution in [2.45, 2.75) is 18.3 Å². The molecule has 0 aromatic heterocycles. The fourth-order valence-corrected chi connectivity index (χ4v) is 3.79. The van der Waals surface area contributed by atoms with Gasteiger partial charge in [0.05, 0.1) is 17.0 Å². The number of allylic oxidation sites excluding steroid dienone is 1. The third kappa shape index (κ3) is 5.60. The van der Waals surface area contributed by atoms with E-state index in [1.807, 2.05) is 0 Å². The fraction of sp³-hybridized carbons (Fsp3) is 0.167. The van der Waals surface area contributed by atoms with Crippen LogP contribution < -0.4 is 0 Å².